The average Bonchev–Trinajstić information content (AvgIpc) is 3.21. The van der Waals surface area contributed by atoms with Crippen molar-refractivity contribution in [2.24, 2.45) is 0 Å². The fourth-order valence-electron chi connectivity index (χ4n) is 6.94. The molecule has 356 valence electrons. The van der Waals surface area contributed by atoms with Crippen LogP contribution in [0.4, 0.5) is 0 Å². The second-order valence-electron chi connectivity index (χ2n) is 18.2. The number of hydrogen-bond donors (Lipinski definition) is 2. The molecule has 0 spiro atoms. The van der Waals surface area contributed by atoms with Crippen molar-refractivity contribution in [2.45, 2.75) is 225 Å². The molecule has 0 fully saturated rings. The largest absolute Gasteiger partial charge is 0.756 e. The van der Waals surface area contributed by atoms with E-state index in [2.05, 4.69) is 67.8 Å². The number of rotatable bonds is 45. The van der Waals surface area contributed by atoms with E-state index in [1.807, 2.05) is 27.2 Å². The summed E-state index contributed by atoms with van der Waals surface area (Å²) in [6.07, 6.45) is 57.0. The predicted molar refractivity (Wildman–Crippen MR) is 261 cm³/mol. The molecule has 0 aliphatic rings. The summed E-state index contributed by atoms with van der Waals surface area (Å²) >= 11 is 0. The number of hydrogen-bond acceptors (Lipinski definition) is 6. The average molecular weight is 877 g/mol. The number of carbonyl (C=O) groups is 1. The summed E-state index contributed by atoms with van der Waals surface area (Å²) in [5.74, 6) is -0.217. The minimum Gasteiger partial charge on any atom is -0.756 e. The van der Waals surface area contributed by atoms with Crippen molar-refractivity contribution in [1.29, 1.82) is 0 Å². The molecule has 0 radical (unpaired) electrons. The number of aliphatic hydroxyl groups is 1. The molecule has 0 aromatic rings. The Balaban J connectivity index is 4.42. The maximum absolute atomic E-state index is 12.9. The number of allylic oxidation sites excluding steroid dienone is 9. The molecule has 8 nitrogen and oxygen atoms in total. The van der Waals surface area contributed by atoms with Gasteiger partial charge in [0.05, 0.1) is 39.9 Å². The molecule has 0 saturated heterocycles. The van der Waals surface area contributed by atoms with Crippen LogP contribution < -0.4 is 10.2 Å². The highest BCUT2D eigenvalue weighted by Crippen LogP contribution is 2.38. The van der Waals surface area contributed by atoms with Gasteiger partial charge < -0.3 is 28.8 Å². The molecule has 0 saturated carbocycles. The number of nitrogens with one attached hydrogen (secondary N) is 1. The van der Waals surface area contributed by atoms with Gasteiger partial charge in [-0.05, 0) is 70.6 Å². The third kappa shape index (κ3) is 46.0. The molecule has 3 atom stereocenters. The normalized spacial score (nSPS) is 14.7. The minimum atomic E-state index is -4.61. The van der Waals surface area contributed by atoms with Gasteiger partial charge >= 0.3 is 0 Å². The van der Waals surface area contributed by atoms with E-state index in [-0.39, 0.29) is 12.5 Å². The van der Waals surface area contributed by atoms with E-state index in [1.165, 1.54) is 141 Å². The number of unbranched alkanes of at least 4 members (excludes halogenated alkanes) is 25. The Morgan fingerprint density at radius 3 is 1.46 bits per heavy atom. The highest BCUT2D eigenvalue weighted by molar-refractivity contribution is 7.45. The van der Waals surface area contributed by atoms with E-state index >= 15 is 0 Å². The fraction of sp³-hybridized carbons (Fsp3) is 0.788. The van der Waals surface area contributed by atoms with Crippen LogP contribution >= 0.6 is 7.82 Å². The maximum Gasteiger partial charge on any atom is 0.268 e. The number of amides is 1. The van der Waals surface area contributed by atoms with Crippen LogP contribution in [-0.4, -0.2) is 68.5 Å². The zero-order chi connectivity index (χ0) is 45.0. The van der Waals surface area contributed by atoms with Crippen LogP contribution in [0.15, 0.2) is 60.8 Å². The molecule has 0 rings (SSSR count). The summed E-state index contributed by atoms with van der Waals surface area (Å²) in [5, 5.41) is 13.8. The lowest BCUT2D eigenvalue weighted by atomic mass is 10.0. The first-order chi connectivity index (χ1) is 29.5. The Kier molecular flexibility index (Phi) is 42.2. The Morgan fingerprint density at radius 2 is 0.967 bits per heavy atom. The number of nitrogens with zero attached hydrogens (tertiary/aromatic N) is 1. The first-order valence-electron chi connectivity index (χ1n) is 25.2. The molecule has 0 aliphatic heterocycles. The van der Waals surface area contributed by atoms with Gasteiger partial charge in [0, 0.05) is 6.42 Å². The van der Waals surface area contributed by atoms with E-state index in [9.17, 15) is 19.4 Å². The first kappa shape index (κ1) is 59.2. The maximum atomic E-state index is 12.9. The quantitative estimate of drug-likeness (QED) is 0.0207. The van der Waals surface area contributed by atoms with Crippen LogP contribution in [0, 0.1) is 0 Å². The van der Waals surface area contributed by atoms with E-state index in [0.717, 1.165) is 51.4 Å². The van der Waals surface area contributed by atoms with Crippen molar-refractivity contribution in [3.05, 3.63) is 60.8 Å². The van der Waals surface area contributed by atoms with Gasteiger partial charge in [-0.3, -0.25) is 9.36 Å². The van der Waals surface area contributed by atoms with Crippen molar-refractivity contribution in [1.82, 2.24) is 5.32 Å². The van der Waals surface area contributed by atoms with E-state index in [1.54, 1.807) is 6.08 Å². The van der Waals surface area contributed by atoms with Gasteiger partial charge in [0.1, 0.15) is 13.2 Å². The van der Waals surface area contributed by atoms with Gasteiger partial charge in [0.2, 0.25) is 5.91 Å². The van der Waals surface area contributed by atoms with E-state index in [0.29, 0.717) is 17.4 Å². The molecule has 0 heterocycles. The van der Waals surface area contributed by atoms with Crippen molar-refractivity contribution < 1.29 is 32.9 Å². The molecule has 0 aromatic heterocycles. The number of quaternary nitrogens is 1. The molecule has 2 N–H and O–H groups in total. The van der Waals surface area contributed by atoms with Crippen LogP contribution in [0.2, 0.25) is 0 Å². The number of carbonyl (C=O) groups excluding carboxylic acids is 1. The highest BCUT2D eigenvalue weighted by atomic mass is 31.2. The van der Waals surface area contributed by atoms with Gasteiger partial charge in [-0.15, -0.1) is 0 Å². The summed E-state index contributed by atoms with van der Waals surface area (Å²) in [6, 6.07) is -0.913. The van der Waals surface area contributed by atoms with Gasteiger partial charge in [0.15, 0.2) is 0 Å². The van der Waals surface area contributed by atoms with Crippen molar-refractivity contribution in [2.75, 3.05) is 40.9 Å². The standard InChI is InChI=1S/C52H97N2O6P/c1-6-8-10-12-14-16-18-20-22-24-26-28-29-31-33-35-37-39-41-43-45-51(55)50(49-60-61(57,58)59-48-47-54(3,4)5)53-52(56)46-44-42-40-38-36-34-32-30-27-25-23-21-19-17-15-13-11-9-7-2/h15,17,19,21,28-29,35,37,43,45,50-51,55H,6-14,16,18,20,22-27,30-34,36,38-42,44,46-49H2,1-5H3,(H-,53,56,57,58)/b17-15-,21-19-,29-28+,37-35+,45-43+. The lowest BCUT2D eigenvalue weighted by molar-refractivity contribution is -0.870. The molecule has 0 aromatic carbocycles. The Bertz CT molecular complexity index is 1180. The van der Waals surface area contributed by atoms with Gasteiger partial charge in [-0.1, -0.05) is 197 Å². The number of phosphoric ester groups is 1. The topological polar surface area (TPSA) is 108 Å². The lowest BCUT2D eigenvalue weighted by Crippen LogP contribution is -2.45. The van der Waals surface area contributed by atoms with Crippen molar-refractivity contribution in [3.8, 4) is 0 Å². The van der Waals surface area contributed by atoms with E-state index < -0.39 is 26.6 Å². The molecule has 0 aliphatic carbocycles. The van der Waals surface area contributed by atoms with Gasteiger partial charge in [0.25, 0.3) is 7.82 Å². The Morgan fingerprint density at radius 1 is 0.574 bits per heavy atom. The summed E-state index contributed by atoms with van der Waals surface area (Å²) in [7, 11) is 1.23. The van der Waals surface area contributed by atoms with E-state index in [4.69, 9.17) is 9.05 Å². The third-order valence-corrected chi connectivity index (χ3v) is 11.9. The highest BCUT2D eigenvalue weighted by Gasteiger charge is 2.23. The van der Waals surface area contributed by atoms with Crippen LogP contribution in [0.3, 0.4) is 0 Å². The summed E-state index contributed by atoms with van der Waals surface area (Å²) in [6.45, 7) is 4.59. The third-order valence-electron chi connectivity index (χ3n) is 11.0. The number of phosphoric acid groups is 1. The predicted octanol–water partition coefficient (Wildman–Crippen LogP) is 14.0. The molecule has 3 unspecified atom stereocenters. The monoisotopic (exact) mass is 877 g/mol. The number of likely N-dealkylation sites (N-methyl/N-ethyl adjacent to an activating group) is 1. The minimum absolute atomic E-state index is 0.0116. The van der Waals surface area contributed by atoms with Crippen molar-refractivity contribution >= 4 is 13.7 Å². The van der Waals surface area contributed by atoms with Crippen LogP contribution in [-0.2, 0) is 18.4 Å². The van der Waals surface area contributed by atoms with Crippen LogP contribution in [0.1, 0.15) is 213 Å². The summed E-state index contributed by atoms with van der Waals surface area (Å²) < 4.78 is 23.2. The molecule has 9 heteroatoms. The summed E-state index contributed by atoms with van der Waals surface area (Å²) in [5.41, 5.74) is 0. The van der Waals surface area contributed by atoms with Crippen LogP contribution in [0.25, 0.3) is 0 Å². The molecular formula is C52H97N2O6P. The van der Waals surface area contributed by atoms with Gasteiger partial charge in [-0.25, -0.2) is 0 Å². The second kappa shape index (κ2) is 43.5. The number of aliphatic hydroxyl groups excluding tert-OH is 1. The van der Waals surface area contributed by atoms with Gasteiger partial charge in [-0.2, -0.15) is 0 Å². The molecule has 61 heavy (non-hydrogen) atoms. The van der Waals surface area contributed by atoms with Crippen molar-refractivity contribution in [3.63, 3.8) is 0 Å². The Labute approximate surface area is 377 Å². The zero-order valence-electron chi connectivity index (χ0n) is 40.4. The molecule has 1 amide bonds. The molecule has 0 bridgehead atoms. The summed E-state index contributed by atoms with van der Waals surface area (Å²) in [4.78, 5) is 25.4. The molecular weight excluding hydrogens is 780 g/mol. The Hall–Kier alpha value is -1.80. The lowest BCUT2D eigenvalue weighted by Gasteiger charge is -2.29. The zero-order valence-corrected chi connectivity index (χ0v) is 41.2. The SMILES string of the molecule is CCCCC/C=C\C=C/CCCCCCCCCCCCC(=O)NC(COP(=O)([O-])OCC[N+](C)(C)C)C(O)/C=C/CC/C=C/CC/C=C/CCCCCCCCCCCC. The first-order valence-corrected chi connectivity index (χ1v) is 26.6. The van der Waals surface area contributed by atoms with Crippen LogP contribution in [0.5, 0.6) is 0 Å². The smallest absolute Gasteiger partial charge is 0.268 e. The fourth-order valence-corrected chi connectivity index (χ4v) is 7.66. The second-order valence-corrected chi connectivity index (χ2v) is 19.6.